The summed E-state index contributed by atoms with van der Waals surface area (Å²) >= 11 is 0. The Hall–Kier alpha value is -1.63. The molecule has 0 saturated heterocycles. The van der Waals surface area contributed by atoms with E-state index >= 15 is 0 Å². The van der Waals surface area contributed by atoms with Crippen LogP contribution in [0.4, 0.5) is 0 Å². The van der Waals surface area contributed by atoms with E-state index in [9.17, 15) is 9.59 Å². The first-order valence-electron chi connectivity index (χ1n) is 11.5. The molecule has 0 aliphatic carbocycles. The largest absolute Gasteiger partial charge is 0.481 e. The number of carboxylic acid groups (broad SMARTS) is 3. The molecule has 30 heavy (non-hydrogen) atoms. The molecule has 0 fully saturated rings. The fourth-order valence-electron chi connectivity index (χ4n) is 2.65. The van der Waals surface area contributed by atoms with Crippen LogP contribution in [0.3, 0.4) is 0 Å². The monoisotopic (exact) mass is 434 g/mol. The van der Waals surface area contributed by atoms with Gasteiger partial charge in [0.1, 0.15) is 6.10 Å². The van der Waals surface area contributed by atoms with Crippen molar-refractivity contribution in [2.24, 2.45) is 0 Å². The molecule has 0 aromatic heterocycles. The third-order valence-electron chi connectivity index (χ3n) is 4.35. The molecule has 180 valence electrons. The van der Waals surface area contributed by atoms with Crippen LogP contribution in [-0.4, -0.2) is 44.4 Å². The van der Waals surface area contributed by atoms with Crippen molar-refractivity contribution in [2.45, 2.75) is 130 Å². The molecule has 7 nitrogen and oxygen atoms in total. The normalized spacial score (nSPS) is 10.8. The number of unbranched alkanes of at least 4 members (excludes halogenated alkanes) is 14. The predicted octanol–water partition coefficient (Wildman–Crippen LogP) is 5.88. The smallest absolute Gasteiger partial charge is 0.332 e. The lowest BCUT2D eigenvalue weighted by Gasteiger charge is -2.03. The van der Waals surface area contributed by atoms with Crippen LogP contribution < -0.4 is 0 Å². The zero-order valence-electron chi connectivity index (χ0n) is 19.4. The molecule has 0 saturated carbocycles. The molecule has 7 heteroatoms. The van der Waals surface area contributed by atoms with E-state index in [1.807, 2.05) is 0 Å². The summed E-state index contributed by atoms with van der Waals surface area (Å²) in [5, 5.41) is 31.7. The Morgan fingerprint density at radius 2 is 0.867 bits per heavy atom. The number of aliphatic hydroxyl groups excluding tert-OH is 1. The highest BCUT2D eigenvalue weighted by molar-refractivity contribution is 5.71. The van der Waals surface area contributed by atoms with Gasteiger partial charge in [-0.05, 0) is 13.3 Å². The molecule has 0 aliphatic rings. The maximum Gasteiger partial charge on any atom is 0.332 e. The topological polar surface area (TPSA) is 132 Å². The van der Waals surface area contributed by atoms with E-state index in [0.717, 1.165) is 19.8 Å². The molecule has 0 amide bonds. The van der Waals surface area contributed by atoms with Crippen molar-refractivity contribution in [3.63, 3.8) is 0 Å². The summed E-state index contributed by atoms with van der Waals surface area (Å²) < 4.78 is 0. The zero-order valence-corrected chi connectivity index (χ0v) is 19.4. The Morgan fingerprint density at radius 1 is 0.633 bits per heavy atom. The van der Waals surface area contributed by atoms with Crippen LogP contribution in [-0.2, 0) is 14.4 Å². The SMILES string of the molecule is CC(=O)O.CC(O)C(=O)O.CCCCCCCCCCCCCCCCCC(=O)O. The van der Waals surface area contributed by atoms with Crippen LogP contribution >= 0.6 is 0 Å². The summed E-state index contributed by atoms with van der Waals surface area (Å²) in [5.41, 5.74) is 0. The Labute approximate surface area is 182 Å². The molecular formula is C23H46O7. The molecule has 0 bridgehead atoms. The minimum atomic E-state index is -1.23. The number of hydrogen-bond donors (Lipinski definition) is 4. The highest BCUT2D eigenvalue weighted by Crippen LogP contribution is 2.13. The van der Waals surface area contributed by atoms with Gasteiger partial charge in [-0.25, -0.2) is 4.79 Å². The molecule has 0 spiro atoms. The van der Waals surface area contributed by atoms with E-state index in [-0.39, 0.29) is 0 Å². The average molecular weight is 435 g/mol. The average Bonchev–Trinajstić information content (AvgIpc) is 2.64. The van der Waals surface area contributed by atoms with Crippen molar-refractivity contribution in [2.75, 3.05) is 0 Å². The van der Waals surface area contributed by atoms with Gasteiger partial charge in [0, 0.05) is 13.3 Å². The summed E-state index contributed by atoms with van der Waals surface area (Å²) in [4.78, 5) is 28.8. The summed E-state index contributed by atoms with van der Waals surface area (Å²) in [6, 6.07) is 0. The molecule has 0 aromatic carbocycles. The number of carboxylic acids is 3. The van der Waals surface area contributed by atoms with Crippen LogP contribution in [0.25, 0.3) is 0 Å². The maximum absolute atomic E-state index is 10.3. The van der Waals surface area contributed by atoms with Gasteiger partial charge >= 0.3 is 11.9 Å². The van der Waals surface area contributed by atoms with Crippen LogP contribution in [0.5, 0.6) is 0 Å². The first kappa shape index (κ1) is 33.0. The molecule has 0 radical (unpaired) electrons. The van der Waals surface area contributed by atoms with E-state index < -0.39 is 24.0 Å². The quantitative estimate of drug-likeness (QED) is 0.210. The lowest BCUT2D eigenvalue weighted by Crippen LogP contribution is -2.13. The molecule has 0 heterocycles. The van der Waals surface area contributed by atoms with Crippen molar-refractivity contribution < 1.29 is 34.8 Å². The summed E-state index contributed by atoms with van der Waals surface area (Å²) in [5.74, 6) is -2.67. The van der Waals surface area contributed by atoms with Gasteiger partial charge in [-0.2, -0.15) is 0 Å². The second-order valence-corrected chi connectivity index (χ2v) is 7.63. The standard InChI is InChI=1S/C18H36O2.C3H6O3.C2H4O2/c1-2-3-4-5-6-7-8-9-10-11-12-13-14-15-16-17-18(19)20;1-2(4)3(5)6;1-2(3)4/h2-17H2,1H3,(H,19,20);2,4H,1H3,(H,5,6);1H3,(H,3,4). The minimum absolute atomic E-state index is 0.345. The highest BCUT2D eigenvalue weighted by atomic mass is 16.4. The number of aliphatic carboxylic acids is 3. The molecule has 0 aliphatic heterocycles. The fourth-order valence-corrected chi connectivity index (χ4v) is 2.65. The molecule has 0 aromatic rings. The highest BCUT2D eigenvalue weighted by Gasteiger charge is 2.01. The van der Waals surface area contributed by atoms with Crippen molar-refractivity contribution in [1.29, 1.82) is 0 Å². The lowest BCUT2D eigenvalue weighted by atomic mass is 10.0. The van der Waals surface area contributed by atoms with Crippen molar-refractivity contribution in [3.8, 4) is 0 Å². The second kappa shape index (κ2) is 27.4. The van der Waals surface area contributed by atoms with E-state index in [4.69, 9.17) is 25.2 Å². The first-order valence-corrected chi connectivity index (χ1v) is 11.5. The van der Waals surface area contributed by atoms with Crippen LogP contribution in [0.2, 0.25) is 0 Å². The van der Waals surface area contributed by atoms with E-state index in [2.05, 4.69) is 6.92 Å². The Bertz CT molecular complexity index is 391. The molecular weight excluding hydrogens is 388 g/mol. The predicted molar refractivity (Wildman–Crippen MR) is 120 cm³/mol. The van der Waals surface area contributed by atoms with Crippen molar-refractivity contribution in [3.05, 3.63) is 0 Å². The van der Waals surface area contributed by atoms with E-state index in [1.54, 1.807) is 0 Å². The minimum Gasteiger partial charge on any atom is -0.481 e. The molecule has 0 rings (SSSR count). The Balaban J connectivity index is -0.000000600. The van der Waals surface area contributed by atoms with Gasteiger partial charge in [-0.1, -0.05) is 96.8 Å². The Morgan fingerprint density at radius 3 is 1.07 bits per heavy atom. The van der Waals surface area contributed by atoms with E-state index in [1.165, 1.54) is 90.4 Å². The third-order valence-corrected chi connectivity index (χ3v) is 4.35. The van der Waals surface area contributed by atoms with Gasteiger partial charge in [0.25, 0.3) is 5.97 Å². The van der Waals surface area contributed by atoms with Crippen molar-refractivity contribution >= 4 is 17.9 Å². The van der Waals surface area contributed by atoms with Crippen LogP contribution in [0.15, 0.2) is 0 Å². The van der Waals surface area contributed by atoms with Gasteiger partial charge in [0.05, 0.1) is 0 Å². The lowest BCUT2D eigenvalue weighted by molar-refractivity contribution is -0.145. The number of rotatable bonds is 17. The van der Waals surface area contributed by atoms with Crippen LogP contribution in [0.1, 0.15) is 124 Å². The third kappa shape index (κ3) is 45.2. The van der Waals surface area contributed by atoms with E-state index in [0.29, 0.717) is 6.42 Å². The first-order chi connectivity index (χ1) is 14.1. The number of hydrogen-bond acceptors (Lipinski definition) is 4. The zero-order chi connectivity index (χ0) is 23.6. The molecule has 1 atom stereocenters. The summed E-state index contributed by atoms with van der Waals surface area (Å²) in [6.07, 6.45) is 19.0. The Kier molecular flexibility index (Phi) is 30.1. The van der Waals surface area contributed by atoms with Crippen LogP contribution in [0, 0.1) is 0 Å². The number of aliphatic hydroxyl groups is 1. The van der Waals surface area contributed by atoms with Gasteiger partial charge in [0.15, 0.2) is 0 Å². The second-order valence-electron chi connectivity index (χ2n) is 7.63. The fraction of sp³-hybridized carbons (Fsp3) is 0.870. The summed E-state index contributed by atoms with van der Waals surface area (Å²) in [6.45, 7) is 4.55. The molecule has 4 N–H and O–H groups in total. The van der Waals surface area contributed by atoms with Gasteiger partial charge in [0.2, 0.25) is 0 Å². The summed E-state index contributed by atoms with van der Waals surface area (Å²) in [7, 11) is 0. The maximum atomic E-state index is 10.3. The van der Waals surface area contributed by atoms with Gasteiger partial charge in [-0.15, -0.1) is 0 Å². The van der Waals surface area contributed by atoms with Gasteiger partial charge in [-0.3, -0.25) is 9.59 Å². The molecule has 1 unspecified atom stereocenters. The number of carbonyl (C=O) groups is 3. The van der Waals surface area contributed by atoms with Gasteiger partial charge < -0.3 is 20.4 Å². The van der Waals surface area contributed by atoms with Crippen molar-refractivity contribution in [1.82, 2.24) is 0 Å².